The number of benzene rings is 3. The second-order valence-corrected chi connectivity index (χ2v) is 14.2. The summed E-state index contributed by atoms with van der Waals surface area (Å²) in [5.41, 5.74) is 5.72. The zero-order chi connectivity index (χ0) is 35.3. The highest BCUT2D eigenvalue weighted by Gasteiger charge is 2.47. The van der Waals surface area contributed by atoms with Crippen molar-refractivity contribution in [2.75, 3.05) is 13.2 Å². The summed E-state index contributed by atoms with van der Waals surface area (Å²) in [7, 11) is 0. The maximum absolute atomic E-state index is 13.2. The van der Waals surface area contributed by atoms with Gasteiger partial charge in [0.15, 0.2) is 11.6 Å². The average Bonchev–Trinajstić information content (AvgIpc) is 3.36. The van der Waals surface area contributed by atoms with E-state index in [4.69, 9.17) is 4.74 Å². The number of para-hydroxylation sites is 1. The third kappa shape index (κ3) is 7.94. The Labute approximate surface area is 297 Å². The van der Waals surface area contributed by atoms with Gasteiger partial charge in [-0.3, -0.25) is 29.5 Å². The molecule has 7 rings (SSSR count). The number of hydrogen-bond acceptors (Lipinski definition) is 8. The minimum Gasteiger partial charge on any atom is -0.507 e. The van der Waals surface area contributed by atoms with Crippen molar-refractivity contribution in [3.63, 3.8) is 0 Å². The minimum absolute atomic E-state index is 0.153. The summed E-state index contributed by atoms with van der Waals surface area (Å²) in [5.74, 6) is -1.02. The largest absolute Gasteiger partial charge is 0.507 e. The maximum Gasteiger partial charge on any atom is 0.230 e. The number of ether oxygens (including phenoxy) is 1. The minimum atomic E-state index is -1.01. The topological polar surface area (TPSA) is 135 Å². The highest BCUT2D eigenvalue weighted by molar-refractivity contribution is 6.28. The molecule has 2 atom stereocenters. The Balaban J connectivity index is 0.777. The molecule has 0 bridgehead atoms. The Bertz CT molecular complexity index is 1930. The van der Waals surface area contributed by atoms with Crippen LogP contribution in [0.1, 0.15) is 75.9 Å². The number of phenolic OH excluding ortho intramolecular Hbond substituents is 1. The molecular weight excluding hydrogens is 642 g/mol. The van der Waals surface area contributed by atoms with Crippen molar-refractivity contribution in [2.24, 2.45) is 23.7 Å². The van der Waals surface area contributed by atoms with Gasteiger partial charge in [0.05, 0.1) is 24.1 Å². The first kappa shape index (κ1) is 34.3. The monoisotopic (exact) mass is 685 g/mol. The first-order chi connectivity index (χ1) is 24.8. The number of pyridine rings is 1. The Hall–Kier alpha value is -5.15. The Kier molecular flexibility index (Phi) is 10.4. The molecule has 1 saturated heterocycles. The Morgan fingerprint density at radius 2 is 1.59 bits per heavy atom. The normalized spacial score (nSPS) is 21.3. The summed E-state index contributed by atoms with van der Waals surface area (Å²) >= 11 is 0. The van der Waals surface area contributed by atoms with Crippen LogP contribution in [0.4, 0.5) is 0 Å². The van der Waals surface area contributed by atoms with E-state index in [1.807, 2.05) is 36.4 Å². The predicted molar refractivity (Wildman–Crippen MR) is 192 cm³/mol. The van der Waals surface area contributed by atoms with Crippen LogP contribution in [0.15, 0.2) is 85.1 Å². The molecule has 1 aromatic heterocycles. The molecule has 2 aliphatic carbocycles. The third-order valence-electron chi connectivity index (χ3n) is 10.6. The lowest BCUT2D eigenvalue weighted by Crippen LogP contribution is -2.46. The van der Waals surface area contributed by atoms with Crippen LogP contribution in [0.25, 0.3) is 11.3 Å². The number of phenols is 1. The lowest BCUT2D eigenvalue weighted by molar-refractivity contribution is -0.137. The number of aromatic hydroxyl groups is 1. The van der Waals surface area contributed by atoms with Gasteiger partial charge in [0, 0.05) is 48.3 Å². The molecule has 2 fully saturated rings. The van der Waals surface area contributed by atoms with Gasteiger partial charge in [0.2, 0.25) is 11.8 Å². The van der Waals surface area contributed by atoms with Crippen molar-refractivity contribution in [2.45, 2.75) is 57.9 Å². The van der Waals surface area contributed by atoms with Crippen molar-refractivity contribution in [3.8, 4) is 22.8 Å². The smallest absolute Gasteiger partial charge is 0.230 e. The fourth-order valence-corrected chi connectivity index (χ4v) is 7.79. The quantitative estimate of drug-likeness (QED) is 0.0805. The average molecular weight is 686 g/mol. The van der Waals surface area contributed by atoms with E-state index in [2.05, 4.69) is 39.9 Å². The van der Waals surface area contributed by atoms with Gasteiger partial charge in [-0.05, 0) is 97.9 Å². The van der Waals surface area contributed by atoms with Crippen molar-refractivity contribution in [3.05, 3.63) is 113 Å². The van der Waals surface area contributed by atoms with E-state index in [1.165, 1.54) is 30.4 Å². The molecule has 3 aromatic carbocycles. The van der Waals surface area contributed by atoms with Crippen LogP contribution in [0.2, 0.25) is 0 Å². The Morgan fingerprint density at radius 1 is 0.824 bits per heavy atom. The van der Waals surface area contributed by atoms with Crippen LogP contribution in [-0.4, -0.2) is 46.6 Å². The van der Waals surface area contributed by atoms with Gasteiger partial charge < -0.3 is 15.2 Å². The zero-order valence-corrected chi connectivity index (χ0v) is 28.6. The number of fused-ring (bicyclic) bond motifs is 1. The second-order valence-electron chi connectivity index (χ2n) is 14.2. The number of imide groups is 1. The number of piperidine rings is 1. The molecule has 0 spiro atoms. The summed E-state index contributed by atoms with van der Waals surface area (Å²) in [4.78, 5) is 54.5. The number of hydrogen-bond donors (Lipinski definition) is 3. The summed E-state index contributed by atoms with van der Waals surface area (Å²) in [6.07, 6.45) is 8.43. The Morgan fingerprint density at radius 3 is 2.39 bits per heavy atom. The van der Waals surface area contributed by atoms with Gasteiger partial charge in [-0.2, -0.15) is 0 Å². The van der Waals surface area contributed by atoms with Gasteiger partial charge in [0.25, 0.3) is 0 Å². The molecule has 1 aliphatic heterocycles. The van der Waals surface area contributed by atoms with Crippen molar-refractivity contribution >= 4 is 23.4 Å². The van der Waals surface area contributed by atoms with Crippen LogP contribution >= 0.6 is 0 Å². The van der Waals surface area contributed by atoms with E-state index in [1.54, 1.807) is 24.4 Å². The highest BCUT2D eigenvalue weighted by Crippen LogP contribution is 2.40. The van der Waals surface area contributed by atoms with E-state index < -0.39 is 17.7 Å². The van der Waals surface area contributed by atoms with Gasteiger partial charge in [-0.25, -0.2) is 0 Å². The van der Waals surface area contributed by atoms with E-state index in [0.717, 1.165) is 49.6 Å². The highest BCUT2D eigenvalue weighted by atomic mass is 16.5. The molecule has 262 valence electrons. The first-order valence-corrected chi connectivity index (χ1v) is 18.0. The SMILES string of the molecule is O=C1CCC(C2C(=O)c3ccc(CC4CC(CCCNCc5ccc(CCOc6ccnc(-c7ccccc7O)c6)cc5)C4)cc3C2=O)C(=O)N1. The van der Waals surface area contributed by atoms with Crippen molar-refractivity contribution in [1.29, 1.82) is 0 Å². The number of carbonyl (C=O) groups excluding carboxylic acids is 4. The number of aromatic nitrogens is 1. The summed E-state index contributed by atoms with van der Waals surface area (Å²) in [6, 6.07) is 25.0. The number of ketones is 2. The standard InChI is InChI=1S/C42H43N3O6/c46-37-6-2-1-5-33(37)36-24-31(15-18-44-36)51-19-16-26-7-9-27(10-8-26)25-43-17-3-4-28-20-30(21-28)22-29-11-12-32-35(23-29)41(49)39(40(32)48)34-13-14-38(47)45-42(34)50/h1-2,5-12,15,18,23-24,28,30,34,39,43,46H,3-4,13-14,16-17,19-22,25H2,(H,45,47,50). The van der Waals surface area contributed by atoms with Gasteiger partial charge >= 0.3 is 0 Å². The van der Waals surface area contributed by atoms with Crippen LogP contribution in [-0.2, 0) is 29.0 Å². The molecular formula is C42H43N3O6. The molecule has 2 amide bonds. The molecule has 3 aliphatic rings. The summed E-state index contributed by atoms with van der Waals surface area (Å²) < 4.78 is 5.98. The molecule has 9 nitrogen and oxygen atoms in total. The number of amides is 2. The fourth-order valence-electron chi connectivity index (χ4n) is 7.79. The number of nitrogens with one attached hydrogen (secondary N) is 2. The number of Topliss-reactive ketones (excluding diaryl/α,β-unsaturated/α-hetero) is 2. The molecule has 9 heteroatoms. The molecule has 2 unspecified atom stereocenters. The summed E-state index contributed by atoms with van der Waals surface area (Å²) in [5, 5.41) is 16.0. The maximum atomic E-state index is 13.2. The summed E-state index contributed by atoms with van der Waals surface area (Å²) in [6.45, 7) is 2.35. The lowest BCUT2D eigenvalue weighted by Gasteiger charge is -2.35. The molecule has 4 aromatic rings. The molecule has 3 N–H and O–H groups in total. The van der Waals surface area contributed by atoms with E-state index in [-0.39, 0.29) is 36.1 Å². The van der Waals surface area contributed by atoms with Gasteiger partial charge in [-0.1, -0.05) is 48.5 Å². The van der Waals surface area contributed by atoms with E-state index in [0.29, 0.717) is 34.9 Å². The molecule has 0 radical (unpaired) electrons. The van der Waals surface area contributed by atoms with Gasteiger partial charge in [-0.15, -0.1) is 0 Å². The van der Waals surface area contributed by atoms with E-state index >= 15 is 0 Å². The molecule has 51 heavy (non-hydrogen) atoms. The van der Waals surface area contributed by atoms with Crippen LogP contribution < -0.4 is 15.4 Å². The number of rotatable bonds is 14. The fraction of sp³-hybridized carbons (Fsp3) is 0.357. The lowest BCUT2D eigenvalue weighted by atomic mass is 9.70. The predicted octanol–water partition coefficient (Wildman–Crippen LogP) is 6.26. The number of carbonyl (C=O) groups is 4. The van der Waals surface area contributed by atoms with Crippen LogP contribution in [0.5, 0.6) is 11.5 Å². The number of nitrogens with zero attached hydrogens (tertiary/aromatic N) is 1. The van der Waals surface area contributed by atoms with Crippen molar-refractivity contribution < 1.29 is 29.0 Å². The van der Waals surface area contributed by atoms with Crippen LogP contribution in [0.3, 0.4) is 0 Å². The zero-order valence-electron chi connectivity index (χ0n) is 28.6. The third-order valence-corrected chi connectivity index (χ3v) is 10.6. The van der Waals surface area contributed by atoms with E-state index in [9.17, 15) is 24.3 Å². The molecule has 1 saturated carbocycles. The van der Waals surface area contributed by atoms with Crippen molar-refractivity contribution in [1.82, 2.24) is 15.6 Å². The second kappa shape index (κ2) is 15.4. The van der Waals surface area contributed by atoms with Gasteiger partial charge in [0.1, 0.15) is 11.5 Å². The first-order valence-electron chi connectivity index (χ1n) is 18.0. The molecule has 2 heterocycles. The van der Waals surface area contributed by atoms with Crippen LogP contribution in [0, 0.1) is 23.7 Å².